The third kappa shape index (κ3) is 3.79. The number of nitrogens with zero attached hydrogens (tertiary/aromatic N) is 1. The molecular weight excluding hydrogens is 354 g/mol. The SMILES string of the molecule is CN1[C@@H]2CC[C@H]1CC(C=C(c1cc(F)cc(F)c1)c1cc(F)cc(F)c1)C2. The van der Waals surface area contributed by atoms with Crippen LogP contribution < -0.4 is 0 Å². The highest BCUT2D eigenvalue weighted by molar-refractivity contribution is 5.80. The predicted molar refractivity (Wildman–Crippen MR) is 97.1 cm³/mol. The molecule has 4 rings (SSSR count). The van der Waals surface area contributed by atoms with Gasteiger partial charge in [-0.05, 0) is 79.6 Å². The molecule has 0 amide bonds. The van der Waals surface area contributed by atoms with E-state index < -0.39 is 23.3 Å². The molecule has 0 spiro atoms. The molecule has 2 bridgehead atoms. The van der Waals surface area contributed by atoms with Gasteiger partial charge in [-0.15, -0.1) is 0 Å². The van der Waals surface area contributed by atoms with Crippen LogP contribution >= 0.6 is 0 Å². The first-order chi connectivity index (χ1) is 12.9. The Balaban J connectivity index is 1.78. The lowest BCUT2D eigenvalue weighted by molar-refractivity contribution is 0.152. The molecule has 142 valence electrons. The fourth-order valence-corrected chi connectivity index (χ4v) is 4.60. The Kier molecular flexibility index (Phi) is 4.81. The van der Waals surface area contributed by atoms with E-state index in [1.807, 2.05) is 6.08 Å². The molecular formula is C22H21F4N. The minimum Gasteiger partial charge on any atom is -0.300 e. The van der Waals surface area contributed by atoms with Gasteiger partial charge in [-0.2, -0.15) is 0 Å². The Hall–Kier alpha value is -2.14. The maximum absolute atomic E-state index is 13.8. The molecule has 3 atom stereocenters. The Bertz CT molecular complexity index is 784. The standard InChI is InChI=1S/C22H21F4N/c1-27-20-2-3-21(27)5-13(4-20)6-22(14-7-16(23)11-17(24)8-14)15-9-18(25)12-19(26)10-15/h6-13,20-21H,2-5H2,1H3/t13?,20-,21+. The first-order valence-electron chi connectivity index (χ1n) is 9.26. The molecule has 2 aliphatic rings. The largest absolute Gasteiger partial charge is 0.300 e. The zero-order chi connectivity index (χ0) is 19.1. The normalized spacial score (nSPS) is 24.9. The van der Waals surface area contributed by atoms with Crippen molar-refractivity contribution >= 4 is 5.57 Å². The maximum Gasteiger partial charge on any atom is 0.126 e. The Morgan fingerprint density at radius 2 is 1.19 bits per heavy atom. The first kappa shape index (κ1) is 18.2. The van der Waals surface area contributed by atoms with Crippen LogP contribution in [0.3, 0.4) is 0 Å². The van der Waals surface area contributed by atoms with Gasteiger partial charge >= 0.3 is 0 Å². The molecule has 2 aromatic rings. The number of rotatable bonds is 3. The second kappa shape index (κ2) is 7.12. The number of piperidine rings is 1. The quantitative estimate of drug-likeness (QED) is 0.636. The summed E-state index contributed by atoms with van der Waals surface area (Å²) < 4.78 is 55.2. The van der Waals surface area contributed by atoms with E-state index in [9.17, 15) is 17.6 Å². The van der Waals surface area contributed by atoms with E-state index in [1.54, 1.807) is 0 Å². The van der Waals surface area contributed by atoms with Crippen LogP contribution in [-0.4, -0.2) is 24.0 Å². The van der Waals surface area contributed by atoms with Crippen molar-refractivity contribution in [3.05, 3.63) is 76.9 Å². The molecule has 27 heavy (non-hydrogen) atoms. The first-order valence-corrected chi connectivity index (χ1v) is 9.26. The summed E-state index contributed by atoms with van der Waals surface area (Å²) in [6, 6.07) is 7.40. The Morgan fingerprint density at radius 3 is 1.59 bits per heavy atom. The van der Waals surface area contributed by atoms with Crippen LogP contribution in [0.2, 0.25) is 0 Å². The van der Waals surface area contributed by atoms with Gasteiger partial charge in [-0.3, -0.25) is 0 Å². The zero-order valence-corrected chi connectivity index (χ0v) is 15.1. The molecule has 5 heteroatoms. The monoisotopic (exact) mass is 375 g/mol. The van der Waals surface area contributed by atoms with Gasteiger partial charge < -0.3 is 4.90 Å². The van der Waals surface area contributed by atoms with Crippen molar-refractivity contribution in [2.75, 3.05) is 7.05 Å². The van der Waals surface area contributed by atoms with Gasteiger partial charge in [-0.25, -0.2) is 17.6 Å². The summed E-state index contributed by atoms with van der Waals surface area (Å²) in [4.78, 5) is 2.40. The lowest BCUT2D eigenvalue weighted by Gasteiger charge is -2.35. The molecule has 2 saturated heterocycles. The van der Waals surface area contributed by atoms with E-state index in [0.717, 1.165) is 37.8 Å². The third-order valence-electron chi connectivity index (χ3n) is 5.88. The van der Waals surface area contributed by atoms with E-state index >= 15 is 0 Å². The van der Waals surface area contributed by atoms with Crippen molar-refractivity contribution in [2.45, 2.75) is 37.8 Å². The lowest BCUT2D eigenvalue weighted by atomic mass is 9.86. The predicted octanol–water partition coefficient (Wildman–Crippen LogP) is 5.55. The van der Waals surface area contributed by atoms with E-state index in [-0.39, 0.29) is 5.92 Å². The molecule has 2 fully saturated rings. The summed E-state index contributed by atoms with van der Waals surface area (Å²) in [6.07, 6.45) is 6.10. The summed E-state index contributed by atoms with van der Waals surface area (Å²) in [6.45, 7) is 0. The molecule has 0 saturated carbocycles. The van der Waals surface area contributed by atoms with E-state index in [2.05, 4.69) is 11.9 Å². The highest BCUT2D eigenvalue weighted by Gasteiger charge is 2.37. The topological polar surface area (TPSA) is 3.24 Å². The van der Waals surface area contributed by atoms with E-state index in [1.165, 1.54) is 24.3 Å². The number of benzene rings is 2. The minimum absolute atomic E-state index is 0.200. The highest BCUT2D eigenvalue weighted by Crippen LogP contribution is 2.40. The van der Waals surface area contributed by atoms with Crippen molar-refractivity contribution in [1.82, 2.24) is 4.90 Å². The molecule has 2 heterocycles. The number of halogens is 4. The fraction of sp³-hybridized carbons (Fsp3) is 0.364. The van der Waals surface area contributed by atoms with Crippen molar-refractivity contribution in [3.8, 4) is 0 Å². The van der Waals surface area contributed by atoms with Gasteiger partial charge in [0.05, 0.1) is 0 Å². The van der Waals surface area contributed by atoms with Crippen LogP contribution in [0.4, 0.5) is 17.6 Å². The van der Waals surface area contributed by atoms with Crippen LogP contribution in [-0.2, 0) is 0 Å². The second-order valence-electron chi connectivity index (χ2n) is 7.68. The summed E-state index contributed by atoms with van der Waals surface area (Å²) in [5.41, 5.74) is 1.06. The molecule has 0 aliphatic carbocycles. The number of fused-ring (bicyclic) bond motifs is 2. The fourth-order valence-electron chi connectivity index (χ4n) is 4.60. The molecule has 0 N–H and O–H groups in total. The van der Waals surface area contributed by atoms with Gasteiger partial charge in [0.2, 0.25) is 0 Å². The third-order valence-corrected chi connectivity index (χ3v) is 5.88. The van der Waals surface area contributed by atoms with Crippen LogP contribution in [0.25, 0.3) is 5.57 Å². The molecule has 1 unspecified atom stereocenters. The second-order valence-corrected chi connectivity index (χ2v) is 7.68. The van der Waals surface area contributed by atoms with Crippen molar-refractivity contribution in [1.29, 1.82) is 0 Å². The van der Waals surface area contributed by atoms with E-state index in [0.29, 0.717) is 28.8 Å². The molecule has 0 aromatic heterocycles. The van der Waals surface area contributed by atoms with Gasteiger partial charge in [0.1, 0.15) is 23.3 Å². The highest BCUT2D eigenvalue weighted by atomic mass is 19.1. The van der Waals surface area contributed by atoms with Gasteiger partial charge in [0.25, 0.3) is 0 Å². The molecule has 2 aliphatic heterocycles. The summed E-state index contributed by atoms with van der Waals surface area (Å²) in [5.74, 6) is -2.65. The Labute approximate surface area is 156 Å². The summed E-state index contributed by atoms with van der Waals surface area (Å²) in [5, 5.41) is 0. The average molecular weight is 375 g/mol. The van der Waals surface area contributed by atoms with Crippen LogP contribution in [0, 0.1) is 29.2 Å². The summed E-state index contributed by atoms with van der Waals surface area (Å²) in [7, 11) is 2.13. The van der Waals surface area contributed by atoms with E-state index in [4.69, 9.17) is 0 Å². The van der Waals surface area contributed by atoms with Gasteiger partial charge in [0.15, 0.2) is 0 Å². The van der Waals surface area contributed by atoms with Gasteiger partial charge in [-0.1, -0.05) is 6.08 Å². The lowest BCUT2D eigenvalue weighted by Crippen LogP contribution is -2.39. The van der Waals surface area contributed by atoms with Crippen molar-refractivity contribution in [2.24, 2.45) is 5.92 Å². The molecule has 1 nitrogen and oxygen atoms in total. The number of hydrogen-bond acceptors (Lipinski definition) is 1. The summed E-state index contributed by atoms with van der Waals surface area (Å²) >= 11 is 0. The van der Waals surface area contributed by atoms with Gasteiger partial charge in [0, 0.05) is 24.2 Å². The molecule has 0 radical (unpaired) electrons. The van der Waals surface area contributed by atoms with Crippen LogP contribution in [0.15, 0.2) is 42.5 Å². The smallest absolute Gasteiger partial charge is 0.126 e. The number of hydrogen-bond donors (Lipinski definition) is 0. The Morgan fingerprint density at radius 1 is 0.778 bits per heavy atom. The molecule has 2 aromatic carbocycles. The zero-order valence-electron chi connectivity index (χ0n) is 15.1. The van der Waals surface area contributed by atoms with Crippen LogP contribution in [0.1, 0.15) is 36.8 Å². The van der Waals surface area contributed by atoms with Crippen molar-refractivity contribution in [3.63, 3.8) is 0 Å². The number of allylic oxidation sites excluding steroid dienone is 1. The maximum atomic E-state index is 13.8. The van der Waals surface area contributed by atoms with Crippen molar-refractivity contribution < 1.29 is 17.6 Å². The average Bonchev–Trinajstić information content (AvgIpc) is 2.79. The minimum atomic E-state index is -0.712. The van der Waals surface area contributed by atoms with Crippen LogP contribution in [0.5, 0.6) is 0 Å².